The molecule has 2 aromatic heterocycles. The summed E-state index contributed by atoms with van der Waals surface area (Å²) in [4.78, 5) is 31.4. The van der Waals surface area contributed by atoms with Gasteiger partial charge in [0.2, 0.25) is 11.7 Å². The number of hydrogen-bond acceptors (Lipinski definition) is 7. The van der Waals surface area contributed by atoms with Crippen molar-refractivity contribution in [3.63, 3.8) is 0 Å². The number of amides is 2. The molecule has 0 bridgehead atoms. The van der Waals surface area contributed by atoms with Crippen LogP contribution in [-0.4, -0.2) is 62.2 Å². The first-order valence-electron chi connectivity index (χ1n) is 11.0. The van der Waals surface area contributed by atoms with Crippen LogP contribution in [0.4, 0.5) is 10.2 Å². The standard InChI is InChI=1S/C23H26FN7O3/c1-14(2)31-22(27-28-29-31)19-5-4-6-20(25-19)26-23(33)17-11-16-13-30(21(32)8-10-34-3)9-7-15(16)12-18(17)24/h4-6,11-12,14H,7-10,13H2,1-3H3,(H,25,26,33). The summed E-state index contributed by atoms with van der Waals surface area (Å²) in [5.41, 5.74) is 1.92. The maximum absolute atomic E-state index is 14.8. The molecule has 0 saturated carbocycles. The maximum Gasteiger partial charge on any atom is 0.259 e. The largest absolute Gasteiger partial charge is 0.384 e. The lowest BCUT2D eigenvalue weighted by Gasteiger charge is -2.29. The van der Waals surface area contributed by atoms with Crippen molar-refractivity contribution < 1.29 is 18.7 Å². The van der Waals surface area contributed by atoms with Gasteiger partial charge < -0.3 is 15.0 Å². The zero-order valence-electron chi connectivity index (χ0n) is 19.3. The maximum atomic E-state index is 14.8. The molecular weight excluding hydrogens is 441 g/mol. The minimum Gasteiger partial charge on any atom is -0.384 e. The van der Waals surface area contributed by atoms with E-state index in [4.69, 9.17) is 4.74 Å². The third-order valence-electron chi connectivity index (χ3n) is 5.62. The third kappa shape index (κ3) is 4.93. The average Bonchev–Trinajstić information content (AvgIpc) is 3.32. The van der Waals surface area contributed by atoms with Gasteiger partial charge in [0, 0.05) is 20.2 Å². The number of ether oxygens (including phenoxy) is 1. The topological polar surface area (TPSA) is 115 Å². The molecule has 0 aliphatic carbocycles. The molecule has 11 heteroatoms. The highest BCUT2D eigenvalue weighted by Crippen LogP contribution is 2.24. The summed E-state index contributed by atoms with van der Waals surface area (Å²) < 4.78 is 21.4. The Labute approximate surface area is 196 Å². The fourth-order valence-corrected chi connectivity index (χ4v) is 3.84. The number of pyridine rings is 1. The molecule has 0 fully saturated rings. The van der Waals surface area contributed by atoms with Crippen molar-refractivity contribution in [2.45, 2.75) is 39.3 Å². The van der Waals surface area contributed by atoms with Crippen LogP contribution >= 0.6 is 0 Å². The zero-order valence-corrected chi connectivity index (χ0v) is 19.3. The van der Waals surface area contributed by atoms with Gasteiger partial charge in [-0.15, -0.1) is 5.10 Å². The van der Waals surface area contributed by atoms with E-state index in [9.17, 15) is 14.0 Å². The van der Waals surface area contributed by atoms with Crippen molar-refractivity contribution in [1.82, 2.24) is 30.1 Å². The van der Waals surface area contributed by atoms with Crippen molar-refractivity contribution in [1.29, 1.82) is 0 Å². The fourth-order valence-electron chi connectivity index (χ4n) is 3.84. The number of halogens is 1. The smallest absolute Gasteiger partial charge is 0.259 e. The van der Waals surface area contributed by atoms with Gasteiger partial charge in [-0.2, -0.15) is 0 Å². The molecule has 1 N–H and O–H groups in total. The number of tetrazole rings is 1. The molecule has 0 saturated heterocycles. The Kier molecular flexibility index (Phi) is 6.92. The van der Waals surface area contributed by atoms with Crippen LogP contribution in [0.5, 0.6) is 0 Å². The number of nitrogens with zero attached hydrogens (tertiary/aromatic N) is 6. The van der Waals surface area contributed by atoms with E-state index in [1.807, 2.05) is 13.8 Å². The zero-order chi connectivity index (χ0) is 24.2. The number of nitrogens with one attached hydrogen (secondary N) is 1. The minimum absolute atomic E-state index is 0.0237. The van der Waals surface area contributed by atoms with Crippen molar-refractivity contribution in [3.05, 3.63) is 52.8 Å². The molecule has 0 unspecified atom stereocenters. The van der Waals surface area contributed by atoms with E-state index in [2.05, 4.69) is 25.8 Å². The molecule has 10 nitrogen and oxygen atoms in total. The van der Waals surface area contributed by atoms with Crippen LogP contribution in [0, 0.1) is 5.82 Å². The van der Waals surface area contributed by atoms with Gasteiger partial charge in [0.15, 0.2) is 0 Å². The second-order valence-corrected chi connectivity index (χ2v) is 8.31. The third-order valence-corrected chi connectivity index (χ3v) is 5.62. The molecular formula is C23H26FN7O3. The first kappa shape index (κ1) is 23.4. The minimum atomic E-state index is -0.628. The van der Waals surface area contributed by atoms with Crippen molar-refractivity contribution in [2.75, 3.05) is 25.6 Å². The summed E-state index contributed by atoms with van der Waals surface area (Å²) in [5, 5.41) is 14.3. The fraction of sp³-hybridized carbons (Fsp3) is 0.391. The summed E-state index contributed by atoms with van der Waals surface area (Å²) in [5.74, 6) is -0.572. The van der Waals surface area contributed by atoms with E-state index in [1.54, 1.807) is 34.9 Å². The van der Waals surface area contributed by atoms with E-state index in [1.165, 1.54) is 12.1 Å². The lowest BCUT2D eigenvalue weighted by molar-refractivity contribution is -0.133. The Balaban J connectivity index is 1.53. The van der Waals surface area contributed by atoms with Crippen LogP contribution in [0.1, 0.15) is 47.8 Å². The van der Waals surface area contributed by atoms with Gasteiger partial charge in [-0.25, -0.2) is 14.1 Å². The van der Waals surface area contributed by atoms with Crippen LogP contribution in [0.2, 0.25) is 0 Å². The number of carbonyl (C=O) groups is 2. The molecule has 1 aliphatic heterocycles. The SMILES string of the molecule is COCCC(=O)N1CCc2cc(F)c(C(=O)Nc3cccc(-c4nnnn4C(C)C)n3)cc2C1. The van der Waals surface area contributed by atoms with E-state index in [-0.39, 0.29) is 29.8 Å². The number of rotatable bonds is 7. The monoisotopic (exact) mass is 467 g/mol. The Hall–Kier alpha value is -3.73. The number of anilines is 1. The van der Waals surface area contributed by atoms with Crippen molar-refractivity contribution in [3.8, 4) is 11.5 Å². The highest BCUT2D eigenvalue weighted by Gasteiger charge is 2.24. The Bertz CT molecular complexity index is 1210. The van der Waals surface area contributed by atoms with Crippen LogP contribution in [0.3, 0.4) is 0 Å². The van der Waals surface area contributed by atoms with Gasteiger partial charge in [0.25, 0.3) is 5.91 Å². The average molecular weight is 468 g/mol. The predicted molar refractivity (Wildman–Crippen MR) is 121 cm³/mol. The number of benzene rings is 1. The van der Waals surface area contributed by atoms with Crippen LogP contribution in [-0.2, 0) is 22.5 Å². The second-order valence-electron chi connectivity index (χ2n) is 8.31. The summed E-state index contributed by atoms with van der Waals surface area (Å²) >= 11 is 0. The summed E-state index contributed by atoms with van der Waals surface area (Å²) in [6.07, 6.45) is 0.809. The quantitative estimate of drug-likeness (QED) is 0.568. The Morgan fingerprint density at radius 2 is 2.06 bits per heavy atom. The van der Waals surface area contributed by atoms with Gasteiger partial charge in [0.1, 0.15) is 17.3 Å². The van der Waals surface area contributed by atoms with Gasteiger partial charge >= 0.3 is 0 Å². The molecule has 0 spiro atoms. The molecule has 0 atom stereocenters. The van der Waals surface area contributed by atoms with E-state index >= 15 is 0 Å². The highest BCUT2D eigenvalue weighted by molar-refractivity contribution is 6.04. The van der Waals surface area contributed by atoms with Crippen molar-refractivity contribution in [2.24, 2.45) is 0 Å². The number of fused-ring (bicyclic) bond motifs is 1. The molecule has 1 aliphatic rings. The van der Waals surface area contributed by atoms with Gasteiger partial charge in [-0.1, -0.05) is 6.07 Å². The van der Waals surface area contributed by atoms with Crippen LogP contribution < -0.4 is 5.32 Å². The summed E-state index contributed by atoms with van der Waals surface area (Å²) in [6, 6.07) is 7.97. The van der Waals surface area contributed by atoms with Crippen molar-refractivity contribution >= 4 is 17.6 Å². The number of methoxy groups -OCH3 is 1. The number of aromatic nitrogens is 5. The van der Waals surface area contributed by atoms with E-state index < -0.39 is 11.7 Å². The number of carbonyl (C=O) groups excluding carboxylic acids is 2. The number of hydrogen-bond donors (Lipinski definition) is 1. The molecule has 2 amide bonds. The van der Waals surface area contributed by atoms with Gasteiger partial charge in [-0.05, 0) is 66.1 Å². The molecule has 0 radical (unpaired) electrons. The second kappa shape index (κ2) is 10.0. The summed E-state index contributed by atoms with van der Waals surface area (Å²) in [6.45, 7) is 5.05. The van der Waals surface area contributed by atoms with Crippen LogP contribution in [0.15, 0.2) is 30.3 Å². The Morgan fingerprint density at radius 1 is 1.24 bits per heavy atom. The summed E-state index contributed by atoms with van der Waals surface area (Å²) in [7, 11) is 1.54. The molecule has 34 heavy (non-hydrogen) atoms. The Morgan fingerprint density at radius 3 is 2.82 bits per heavy atom. The molecule has 4 rings (SSSR count). The van der Waals surface area contributed by atoms with Gasteiger partial charge in [-0.3, -0.25) is 9.59 Å². The van der Waals surface area contributed by atoms with Gasteiger partial charge in [0.05, 0.1) is 24.6 Å². The highest BCUT2D eigenvalue weighted by atomic mass is 19.1. The first-order chi connectivity index (χ1) is 16.4. The lowest BCUT2D eigenvalue weighted by Crippen LogP contribution is -2.36. The van der Waals surface area contributed by atoms with E-state index in [0.717, 1.165) is 11.1 Å². The van der Waals surface area contributed by atoms with Crippen LogP contribution in [0.25, 0.3) is 11.5 Å². The predicted octanol–water partition coefficient (Wildman–Crippen LogP) is 2.63. The molecule has 1 aromatic carbocycles. The molecule has 178 valence electrons. The normalized spacial score (nSPS) is 13.1. The van der Waals surface area contributed by atoms with E-state index in [0.29, 0.717) is 37.6 Å². The molecule has 3 aromatic rings. The lowest BCUT2D eigenvalue weighted by atomic mass is 9.96. The first-order valence-corrected chi connectivity index (χ1v) is 11.0. The molecule has 3 heterocycles.